The number of thiophene rings is 1. The molecule has 2 aromatic carbocycles. The van der Waals surface area contributed by atoms with Crippen molar-refractivity contribution in [1.82, 2.24) is 0 Å². The fourth-order valence-electron chi connectivity index (χ4n) is 4.99. The molecule has 1 aromatic heterocycles. The zero-order valence-electron chi connectivity index (χ0n) is 19.6. The van der Waals surface area contributed by atoms with E-state index in [1.54, 1.807) is 26.4 Å². The molecule has 2 aliphatic rings. The summed E-state index contributed by atoms with van der Waals surface area (Å²) in [6, 6.07) is 12.9. The smallest absolute Gasteiger partial charge is 0.346 e. The van der Waals surface area contributed by atoms with Crippen LogP contribution in [0.1, 0.15) is 58.1 Å². The first-order chi connectivity index (χ1) is 17.0. The lowest BCUT2D eigenvalue weighted by atomic mass is 9.88. The number of ether oxygens (including phenoxy) is 3. The lowest BCUT2D eigenvalue weighted by Crippen LogP contribution is -2.23. The first-order valence-corrected chi connectivity index (χ1v) is 12.5. The number of benzene rings is 2. The Morgan fingerprint density at radius 1 is 1.06 bits per heavy atom. The number of hydrogen-bond donors (Lipinski definition) is 2. The van der Waals surface area contributed by atoms with Gasteiger partial charge in [0.05, 0.1) is 26.0 Å². The van der Waals surface area contributed by atoms with Gasteiger partial charge in [-0.1, -0.05) is 24.3 Å². The largest absolute Gasteiger partial charge is 0.497 e. The van der Waals surface area contributed by atoms with Crippen LogP contribution in [0, 0.1) is 0 Å². The normalized spacial score (nSPS) is 17.5. The van der Waals surface area contributed by atoms with Gasteiger partial charge in [0.15, 0.2) is 11.5 Å². The van der Waals surface area contributed by atoms with Gasteiger partial charge >= 0.3 is 5.97 Å². The van der Waals surface area contributed by atoms with Crippen LogP contribution >= 0.6 is 11.3 Å². The molecule has 182 valence electrons. The summed E-state index contributed by atoms with van der Waals surface area (Å²) in [4.78, 5) is 26.2. The fourth-order valence-corrected chi connectivity index (χ4v) is 6.23. The number of anilines is 1. The molecule has 5 rings (SSSR count). The summed E-state index contributed by atoms with van der Waals surface area (Å²) in [6.45, 7) is 0. The van der Waals surface area contributed by atoms with E-state index < -0.39 is 5.97 Å². The minimum atomic E-state index is -1.03. The van der Waals surface area contributed by atoms with Gasteiger partial charge in [-0.05, 0) is 49.4 Å². The van der Waals surface area contributed by atoms with Gasteiger partial charge in [-0.15, -0.1) is 11.3 Å². The number of carbonyl (C=O) groups is 2. The van der Waals surface area contributed by atoms with Crippen LogP contribution in [0.4, 0.5) is 5.69 Å². The molecular formula is C27H27NO6S. The number of para-hydroxylation sites is 1. The number of hydrogen-bond acceptors (Lipinski definition) is 6. The Bertz CT molecular complexity index is 1260. The van der Waals surface area contributed by atoms with Crippen LogP contribution in [-0.2, 0) is 4.79 Å². The van der Waals surface area contributed by atoms with Crippen molar-refractivity contribution in [3.8, 4) is 28.4 Å². The summed E-state index contributed by atoms with van der Waals surface area (Å²) in [7, 11) is 3.18. The van der Waals surface area contributed by atoms with E-state index in [9.17, 15) is 14.7 Å². The number of nitrogens with one attached hydrogen (secondary N) is 1. The number of aromatic carboxylic acids is 1. The van der Waals surface area contributed by atoms with Gasteiger partial charge in [0.25, 0.3) is 0 Å². The Morgan fingerprint density at radius 3 is 2.46 bits per heavy atom. The molecule has 1 saturated carbocycles. The lowest BCUT2D eigenvalue weighted by Gasteiger charge is -2.27. The van der Waals surface area contributed by atoms with Crippen molar-refractivity contribution in [3.63, 3.8) is 0 Å². The Hall–Kier alpha value is -3.52. The maximum Gasteiger partial charge on any atom is 0.346 e. The van der Waals surface area contributed by atoms with Crippen molar-refractivity contribution in [2.45, 2.75) is 44.1 Å². The molecule has 8 heteroatoms. The van der Waals surface area contributed by atoms with E-state index in [1.165, 1.54) is 11.3 Å². The van der Waals surface area contributed by atoms with Crippen LogP contribution < -0.4 is 19.5 Å². The van der Waals surface area contributed by atoms with E-state index in [0.29, 0.717) is 34.1 Å². The summed E-state index contributed by atoms with van der Waals surface area (Å²) < 4.78 is 17.3. The van der Waals surface area contributed by atoms with Gasteiger partial charge in [0, 0.05) is 28.3 Å². The number of carbonyl (C=O) groups excluding carboxylic acids is 1. The highest BCUT2D eigenvalue weighted by Crippen LogP contribution is 2.52. The first kappa shape index (κ1) is 23.2. The van der Waals surface area contributed by atoms with E-state index in [4.69, 9.17) is 14.2 Å². The molecule has 1 amide bonds. The zero-order chi connectivity index (χ0) is 24.5. The standard InChI is InChI=1S/C27H27NO6S/c1-32-16-12-10-15(11-13-16)22-23-25(35-26(22)27(30)31)19(14-21(29)28-23)18-8-5-9-20(33-2)24(18)34-17-6-3-4-7-17/h5,8-13,17,19H,3-4,6-7,14H2,1-2H3,(H,28,29)(H,30,31)/t19-/m0/s1. The Kier molecular flexibility index (Phi) is 6.38. The Labute approximate surface area is 207 Å². The van der Waals surface area contributed by atoms with Gasteiger partial charge in [-0.25, -0.2) is 4.79 Å². The first-order valence-electron chi connectivity index (χ1n) is 11.7. The van der Waals surface area contributed by atoms with Crippen molar-refractivity contribution < 1.29 is 28.9 Å². The van der Waals surface area contributed by atoms with Gasteiger partial charge in [0.2, 0.25) is 5.91 Å². The highest BCUT2D eigenvalue weighted by molar-refractivity contribution is 7.15. The zero-order valence-corrected chi connectivity index (χ0v) is 20.4. The van der Waals surface area contributed by atoms with E-state index >= 15 is 0 Å². The molecule has 0 saturated heterocycles. The van der Waals surface area contributed by atoms with Crippen molar-refractivity contribution >= 4 is 28.9 Å². The van der Waals surface area contributed by atoms with E-state index in [1.807, 2.05) is 30.3 Å². The number of fused-ring (bicyclic) bond motifs is 1. The fraction of sp³-hybridized carbons (Fsp3) is 0.333. The summed E-state index contributed by atoms with van der Waals surface area (Å²) in [5, 5.41) is 13.0. The van der Waals surface area contributed by atoms with Crippen LogP contribution in [0.25, 0.3) is 11.1 Å². The molecule has 1 aliphatic heterocycles. The van der Waals surface area contributed by atoms with Crippen LogP contribution in [0.15, 0.2) is 42.5 Å². The topological polar surface area (TPSA) is 94.1 Å². The second-order valence-electron chi connectivity index (χ2n) is 8.79. The number of carboxylic acid groups (broad SMARTS) is 1. The molecule has 0 radical (unpaired) electrons. The van der Waals surface area contributed by atoms with E-state index in [0.717, 1.165) is 36.1 Å². The molecule has 1 atom stereocenters. The van der Waals surface area contributed by atoms with Crippen molar-refractivity contribution in [3.05, 3.63) is 57.8 Å². The second kappa shape index (κ2) is 9.62. The van der Waals surface area contributed by atoms with Crippen molar-refractivity contribution in [2.24, 2.45) is 0 Å². The molecule has 0 unspecified atom stereocenters. The molecule has 7 nitrogen and oxygen atoms in total. The monoisotopic (exact) mass is 493 g/mol. The Balaban J connectivity index is 1.65. The van der Waals surface area contributed by atoms with Gasteiger partial charge < -0.3 is 24.6 Å². The third-order valence-electron chi connectivity index (χ3n) is 6.67. The second-order valence-corrected chi connectivity index (χ2v) is 9.84. The summed E-state index contributed by atoms with van der Waals surface area (Å²) in [5.41, 5.74) is 2.61. The van der Waals surface area contributed by atoms with E-state index in [-0.39, 0.29) is 29.2 Å². The minimum Gasteiger partial charge on any atom is -0.497 e. The highest BCUT2D eigenvalue weighted by Gasteiger charge is 2.36. The van der Waals surface area contributed by atoms with Gasteiger partial charge in [-0.2, -0.15) is 0 Å². The molecule has 0 spiro atoms. The van der Waals surface area contributed by atoms with Crippen LogP contribution in [0.5, 0.6) is 17.2 Å². The third kappa shape index (κ3) is 4.34. The molecular weight excluding hydrogens is 466 g/mol. The summed E-state index contributed by atoms with van der Waals surface area (Å²) in [5.74, 6) is 0.385. The molecule has 1 fully saturated rings. The summed E-state index contributed by atoms with van der Waals surface area (Å²) >= 11 is 1.20. The lowest BCUT2D eigenvalue weighted by molar-refractivity contribution is -0.116. The average molecular weight is 494 g/mol. The Morgan fingerprint density at radius 2 is 1.80 bits per heavy atom. The summed E-state index contributed by atoms with van der Waals surface area (Å²) in [6.07, 6.45) is 4.53. The highest BCUT2D eigenvalue weighted by atomic mass is 32.1. The van der Waals surface area contributed by atoms with Gasteiger partial charge in [-0.3, -0.25) is 4.79 Å². The molecule has 35 heavy (non-hydrogen) atoms. The maximum atomic E-state index is 12.9. The van der Waals surface area contributed by atoms with Gasteiger partial charge in [0.1, 0.15) is 10.6 Å². The predicted octanol–water partition coefficient (Wildman–Crippen LogP) is 5.93. The SMILES string of the molecule is COc1ccc(-c2c(C(=O)O)sc3c2NC(=O)C[C@H]3c2cccc(OC)c2OC2CCCC2)cc1. The number of carboxylic acids is 1. The number of methoxy groups -OCH3 is 2. The molecule has 0 bridgehead atoms. The van der Waals surface area contributed by atoms with Crippen LogP contribution in [0.2, 0.25) is 0 Å². The molecule has 1 aliphatic carbocycles. The quantitative estimate of drug-likeness (QED) is 0.424. The number of amides is 1. The molecule has 2 N–H and O–H groups in total. The third-order valence-corrected chi connectivity index (χ3v) is 7.96. The molecule has 3 aromatic rings. The molecule has 2 heterocycles. The average Bonchev–Trinajstić information content (AvgIpc) is 3.52. The minimum absolute atomic E-state index is 0.106. The maximum absolute atomic E-state index is 12.9. The van der Waals surface area contributed by atoms with Crippen LogP contribution in [0.3, 0.4) is 0 Å². The van der Waals surface area contributed by atoms with Crippen molar-refractivity contribution in [1.29, 1.82) is 0 Å². The van der Waals surface area contributed by atoms with Crippen molar-refractivity contribution in [2.75, 3.05) is 19.5 Å². The van der Waals surface area contributed by atoms with E-state index in [2.05, 4.69) is 5.32 Å². The van der Waals surface area contributed by atoms with Crippen LogP contribution in [-0.4, -0.2) is 37.3 Å². The number of rotatable bonds is 7. The predicted molar refractivity (Wildman–Crippen MR) is 134 cm³/mol.